The number of nitrogens with one attached hydrogen (secondary N) is 1. The molecule has 0 spiro atoms. The summed E-state index contributed by atoms with van der Waals surface area (Å²) in [6.45, 7) is 2.83. The van der Waals surface area contributed by atoms with Gasteiger partial charge in [0.25, 0.3) is 5.91 Å². The van der Waals surface area contributed by atoms with E-state index < -0.39 is 10.8 Å². The molecule has 7 nitrogen and oxygen atoms in total. The lowest BCUT2D eigenvalue weighted by molar-refractivity contribution is -0.385. The van der Waals surface area contributed by atoms with Crippen LogP contribution < -0.4 is 15.8 Å². The van der Waals surface area contributed by atoms with Gasteiger partial charge in [-0.2, -0.15) is 0 Å². The van der Waals surface area contributed by atoms with Gasteiger partial charge < -0.3 is 15.8 Å². The van der Waals surface area contributed by atoms with Gasteiger partial charge in [-0.05, 0) is 26.0 Å². The molecule has 3 N–H and O–H groups in total. The van der Waals surface area contributed by atoms with Crippen LogP contribution in [-0.4, -0.2) is 30.5 Å². The van der Waals surface area contributed by atoms with Crippen molar-refractivity contribution in [1.29, 1.82) is 0 Å². The highest BCUT2D eigenvalue weighted by Crippen LogP contribution is 2.30. The maximum atomic E-state index is 11.9. The van der Waals surface area contributed by atoms with Crippen LogP contribution in [0.15, 0.2) is 18.2 Å². The van der Waals surface area contributed by atoms with Crippen molar-refractivity contribution in [2.75, 3.05) is 19.7 Å². The van der Waals surface area contributed by atoms with Crippen LogP contribution in [0.3, 0.4) is 0 Å². The lowest BCUT2D eigenvalue weighted by Gasteiger charge is -2.10. The second-order valence-electron chi connectivity index (χ2n) is 3.74. The van der Waals surface area contributed by atoms with E-state index in [1.54, 1.807) is 6.92 Å². The predicted molar refractivity (Wildman–Crippen MR) is 70.3 cm³/mol. The van der Waals surface area contributed by atoms with E-state index >= 15 is 0 Å². The van der Waals surface area contributed by atoms with Crippen molar-refractivity contribution >= 4 is 11.6 Å². The maximum Gasteiger partial charge on any atom is 0.311 e. The van der Waals surface area contributed by atoms with E-state index in [-0.39, 0.29) is 23.6 Å². The number of hydrogen-bond acceptors (Lipinski definition) is 5. The molecule has 0 radical (unpaired) electrons. The molecule has 0 saturated heterocycles. The minimum absolute atomic E-state index is 0.000230. The molecule has 0 aromatic heterocycles. The molecular weight excluding hydrogens is 250 g/mol. The minimum Gasteiger partial charge on any atom is -0.487 e. The highest BCUT2D eigenvalue weighted by Gasteiger charge is 2.22. The van der Waals surface area contributed by atoms with Crippen LogP contribution in [0.2, 0.25) is 0 Å². The molecule has 0 fully saturated rings. The van der Waals surface area contributed by atoms with Gasteiger partial charge in [-0.15, -0.1) is 0 Å². The smallest absolute Gasteiger partial charge is 0.311 e. The molecule has 0 atom stereocenters. The van der Waals surface area contributed by atoms with Gasteiger partial charge >= 0.3 is 5.69 Å². The van der Waals surface area contributed by atoms with Crippen LogP contribution in [0.5, 0.6) is 5.75 Å². The third-order valence-corrected chi connectivity index (χ3v) is 2.39. The van der Waals surface area contributed by atoms with Crippen LogP contribution >= 0.6 is 0 Å². The summed E-state index contributed by atoms with van der Waals surface area (Å²) in [6, 6.07) is 4.26. The Morgan fingerprint density at radius 3 is 2.84 bits per heavy atom. The summed E-state index contributed by atoms with van der Waals surface area (Å²) < 4.78 is 5.23. The largest absolute Gasteiger partial charge is 0.487 e. The summed E-state index contributed by atoms with van der Waals surface area (Å²) in [7, 11) is 0. The average molecular weight is 267 g/mol. The first kappa shape index (κ1) is 14.9. The molecule has 0 saturated carbocycles. The summed E-state index contributed by atoms with van der Waals surface area (Å²) in [5.74, 6) is -0.402. The molecule has 0 aliphatic carbocycles. The zero-order valence-corrected chi connectivity index (χ0v) is 10.7. The standard InChI is InChI=1S/C12H17N3O4/c1-2-19-11-9(12(16)14-8-4-7-13)5-3-6-10(11)15(17)18/h3,5-6H,2,4,7-8,13H2,1H3,(H,14,16). The number of nitrogens with zero attached hydrogens (tertiary/aromatic N) is 1. The van der Waals surface area contributed by atoms with Crippen molar-refractivity contribution in [1.82, 2.24) is 5.32 Å². The van der Waals surface area contributed by atoms with E-state index in [0.717, 1.165) is 0 Å². The van der Waals surface area contributed by atoms with E-state index in [0.29, 0.717) is 19.5 Å². The average Bonchev–Trinajstić information content (AvgIpc) is 2.39. The second-order valence-corrected chi connectivity index (χ2v) is 3.74. The molecule has 1 amide bonds. The third-order valence-electron chi connectivity index (χ3n) is 2.39. The summed E-state index contributed by atoms with van der Waals surface area (Å²) in [5, 5.41) is 13.6. The predicted octanol–water partition coefficient (Wildman–Crippen LogP) is 1.07. The van der Waals surface area contributed by atoms with Crippen molar-refractivity contribution in [2.45, 2.75) is 13.3 Å². The first-order valence-corrected chi connectivity index (χ1v) is 6.00. The molecule has 1 aromatic carbocycles. The van der Waals surface area contributed by atoms with E-state index in [4.69, 9.17) is 10.5 Å². The molecule has 0 heterocycles. The van der Waals surface area contributed by atoms with Crippen molar-refractivity contribution in [3.05, 3.63) is 33.9 Å². The number of carbonyl (C=O) groups excluding carboxylic acids is 1. The first-order chi connectivity index (χ1) is 9.11. The van der Waals surface area contributed by atoms with Crippen LogP contribution in [0, 0.1) is 10.1 Å². The summed E-state index contributed by atoms with van der Waals surface area (Å²) >= 11 is 0. The topological polar surface area (TPSA) is 107 Å². The van der Waals surface area contributed by atoms with Gasteiger partial charge in [0.1, 0.15) is 0 Å². The number of para-hydroxylation sites is 1. The normalized spacial score (nSPS) is 10.0. The highest BCUT2D eigenvalue weighted by molar-refractivity contribution is 5.98. The Labute approximate surface area is 110 Å². The molecule has 1 rings (SSSR count). The number of amides is 1. The van der Waals surface area contributed by atoms with Gasteiger partial charge in [0.2, 0.25) is 5.75 Å². The minimum atomic E-state index is -0.568. The number of rotatable bonds is 7. The molecular formula is C12H17N3O4. The molecule has 0 aliphatic rings. The number of nitro groups is 1. The zero-order valence-electron chi connectivity index (χ0n) is 10.7. The van der Waals surface area contributed by atoms with E-state index in [9.17, 15) is 14.9 Å². The first-order valence-electron chi connectivity index (χ1n) is 6.00. The lowest BCUT2D eigenvalue weighted by Crippen LogP contribution is -2.26. The fourth-order valence-corrected chi connectivity index (χ4v) is 1.54. The molecule has 1 aromatic rings. The Morgan fingerprint density at radius 1 is 1.53 bits per heavy atom. The molecule has 19 heavy (non-hydrogen) atoms. The van der Waals surface area contributed by atoms with Crippen LogP contribution in [0.4, 0.5) is 5.69 Å². The highest BCUT2D eigenvalue weighted by atomic mass is 16.6. The Kier molecular flexibility index (Phi) is 5.74. The van der Waals surface area contributed by atoms with Gasteiger partial charge in [-0.1, -0.05) is 6.07 Å². The second kappa shape index (κ2) is 7.32. The number of hydrogen-bond donors (Lipinski definition) is 2. The summed E-state index contributed by atoms with van der Waals surface area (Å²) in [5.41, 5.74) is 5.28. The molecule has 104 valence electrons. The number of ether oxygens (including phenoxy) is 1. The number of benzene rings is 1. The molecule has 0 unspecified atom stereocenters. The van der Waals surface area contributed by atoms with Crippen LogP contribution in [0.25, 0.3) is 0 Å². The maximum absolute atomic E-state index is 11.9. The van der Waals surface area contributed by atoms with Gasteiger partial charge in [0.05, 0.1) is 17.1 Å². The van der Waals surface area contributed by atoms with Gasteiger partial charge in [0.15, 0.2) is 0 Å². The van der Waals surface area contributed by atoms with Crippen molar-refractivity contribution in [3.8, 4) is 5.75 Å². The Hall–Kier alpha value is -2.15. The van der Waals surface area contributed by atoms with Crippen molar-refractivity contribution in [3.63, 3.8) is 0 Å². The molecule has 0 bridgehead atoms. The number of nitrogens with two attached hydrogens (primary N) is 1. The van der Waals surface area contributed by atoms with Gasteiger partial charge in [-0.3, -0.25) is 14.9 Å². The lowest BCUT2D eigenvalue weighted by atomic mass is 10.1. The van der Waals surface area contributed by atoms with E-state index in [2.05, 4.69) is 5.32 Å². The van der Waals surface area contributed by atoms with Gasteiger partial charge in [0, 0.05) is 12.6 Å². The third kappa shape index (κ3) is 3.92. The van der Waals surface area contributed by atoms with Crippen molar-refractivity contribution < 1.29 is 14.5 Å². The Morgan fingerprint density at radius 2 is 2.26 bits per heavy atom. The monoisotopic (exact) mass is 267 g/mol. The fraction of sp³-hybridized carbons (Fsp3) is 0.417. The zero-order chi connectivity index (χ0) is 14.3. The summed E-state index contributed by atoms with van der Waals surface area (Å²) in [6.07, 6.45) is 0.643. The fourth-order valence-electron chi connectivity index (χ4n) is 1.54. The van der Waals surface area contributed by atoms with Crippen LogP contribution in [0.1, 0.15) is 23.7 Å². The Balaban J connectivity index is 3.01. The van der Waals surface area contributed by atoms with Crippen LogP contribution in [-0.2, 0) is 0 Å². The quantitative estimate of drug-likeness (QED) is 0.436. The summed E-state index contributed by atoms with van der Waals surface area (Å²) in [4.78, 5) is 22.3. The number of carbonyl (C=O) groups is 1. The van der Waals surface area contributed by atoms with E-state index in [1.165, 1.54) is 18.2 Å². The molecule has 0 aliphatic heterocycles. The Bertz CT molecular complexity index is 462. The SMILES string of the molecule is CCOc1c(C(=O)NCCCN)cccc1[N+](=O)[O-]. The van der Waals surface area contributed by atoms with Crippen molar-refractivity contribution in [2.24, 2.45) is 5.73 Å². The van der Waals surface area contributed by atoms with E-state index in [1.807, 2.05) is 0 Å². The molecule has 7 heteroatoms. The van der Waals surface area contributed by atoms with Gasteiger partial charge in [-0.25, -0.2) is 0 Å². The number of nitro benzene ring substituents is 1.